The topological polar surface area (TPSA) is 229 Å². The number of benzene rings is 2. The summed E-state index contributed by atoms with van der Waals surface area (Å²) in [6.45, 7) is 14.7. The molecule has 2 aliphatic carbocycles. The first-order valence-corrected chi connectivity index (χ1v) is 25.7. The molecule has 0 bridgehead atoms. The van der Waals surface area contributed by atoms with Crippen LogP contribution in [-0.4, -0.2) is 142 Å². The van der Waals surface area contributed by atoms with Gasteiger partial charge in [-0.05, 0) is 55.5 Å². The minimum atomic E-state index is -1.04. The lowest BCUT2D eigenvalue weighted by Gasteiger charge is -2.63. The fourth-order valence-electron chi connectivity index (χ4n) is 11.5. The molecule has 70 heavy (non-hydrogen) atoms. The molecule has 5 heterocycles. The lowest BCUT2D eigenvalue weighted by Crippen LogP contribution is -2.74. The number of nitrogens with one attached hydrogen (secondary N) is 2. The molecule has 5 amide bonds. The number of carbonyl (C=O) groups excluding carboxylic acids is 5. The first-order valence-electron chi connectivity index (χ1n) is 24.2. The third-order valence-corrected chi connectivity index (χ3v) is 16.9. The van der Waals surface area contributed by atoms with Crippen molar-refractivity contribution >= 4 is 46.5 Å². The summed E-state index contributed by atoms with van der Waals surface area (Å²) in [6.07, 6.45) is 6.33. The van der Waals surface area contributed by atoms with E-state index in [9.17, 15) is 33.8 Å². The van der Waals surface area contributed by atoms with E-state index in [0.717, 1.165) is 50.2 Å². The van der Waals surface area contributed by atoms with Crippen LogP contribution in [0.25, 0.3) is 0 Å². The summed E-state index contributed by atoms with van der Waals surface area (Å²) in [7, 11) is 1.52. The van der Waals surface area contributed by atoms with Crippen molar-refractivity contribution in [2.45, 2.75) is 103 Å². The van der Waals surface area contributed by atoms with E-state index in [2.05, 4.69) is 71.1 Å². The normalized spacial score (nSPS) is 26.0. The van der Waals surface area contributed by atoms with Crippen LogP contribution >= 0.6 is 0 Å². The van der Waals surface area contributed by atoms with E-state index >= 15 is 0 Å². The average Bonchev–Trinajstić information content (AvgIpc) is 3.56. The molecule has 372 valence electrons. The van der Waals surface area contributed by atoms with Gasteiger partial charge in [-0.15, -0.1) is 0 Å². The van der Waals surface area contributed by atoms with Crippen molar-refractivity contribution in [3.05, 3.63) is 71.2 Å². The molecule has 4 aliphatic heterocycles. The maximum atomic E-state index is 13.6. The Kier molecular flexibility index (Phi) is 13.6. The highest BCUT2D eigenvalue weighted by molar-refractivity contribution is 7.91. The maximum absolute atomic E-state index is 13.6. The van der Waals surface area contributed by atoms with E-state index in [4.69, 9.17) is 18.9 Å². The van der Waals surface area contributed by atoms with E-state index in [1.807, 2.05) is 0 Å². The second kappa shape index (κ2) is 19.4. The zero-order valence-corrected chi connectivity index (χ0v) is 41.5. The van der Waals surface area contributed by atoms with Gasteiger partial charge in [0.25, 0.3) is 17.7 Å². The smallest absolute Gasteiger partial charge is 0.271 e. The van der Waals surface area contributed by atoms with Crippen LogP contribution in [0.2, 0.25) is 0 Å². The number of carbonyl (C=O) groups is 5. The van der Waals surface area contributed by atoms with Crippen molar-refractivity contribution in [3.63, 3.8) is 0 Å². The Balaban J connectivity index is 0.775. The minimum Gasteiger partial charge on any atom is -0.616 e. The maximum Gasteiger partial charge on any atom is 0.271 e. The highest BCUT2D eigenvalue weighted by Gasteiger charge is 2.64. The first-order chi connectivity index (χ1) is 33.4. The van der Waals surface area contributed by atoms with Gasteiger partial charge in [-0.25, -0.2) is 9.97 Å². The zero-order chi connectivity index (χ0) is 49.7. The number of hydrogen-bond acceptors (Lipinski definition) is 15. The van der Waals surface area contributed by atoms with Gasteiger partial charge in [0.15, 0.2) is 0 Å². The zero-order valence-electron chi connectivity index (χ0n) is 40.7. The van der Waals surface area contributed by atoms with Crippen LogP contribution in [0.5, 0.6) is 17.2 Å². The minimum absolute atomic E-state index is 0.0440. The Labute approximate surface area is 411 Å². The lowest BCUT2D eigenvalue weighted by atomic mass is 9.49. The van der Waals surface area contributed by atoms with Crippen molar-refractivity contribution in [3.8, 4) is 23.3 Å². The monoisotopic (exact) mass is 978 g/mol. The van der Waals surface area contributed by atoms with E-state index in [0.29, 0.717) is 65.8 Å². The SMILES string of the molecule is COc1cc(OC2C(C)(C)C(NC(=O)c3cnc(N4CCC(CN(CC[S@+]([O-])CC5(C)COC5)C5CC(Oc6ccc7c(c6)C(=O)N([C@@H]6CCC(=O)NC6=O)C7=O)C5)CC4)cn3)C2(C)C)ccc1C#N. The number of nitriles is 1. The molecule has 2 aromatic carbocycles. The van der Waals surface area contributed by atoms with Gasteiger partial charge in [0.1, 0.15) is 64.6 Å². The summed E-state index contributed by atoms with van der Waals surface area (Å²) in [5.74, 6) is 1.27. The second-order valence-corrected chi connectivity index (χ2v) is 22.9. The predicted octanol–water partition coefficient (Wildman–Crippen LogP) is 4.28. The molecular weight excluding hydrogens is 917 g/mol. The second-order valence-electron chi connectivity index (χ2n) is 21.3. The molecule has 2 saturated carbocycles. The Morgan fingerprint density at radius 1 is 0.957 bits per heavy atom. The molecular formula is C51H62N8O10S. The van der Waals surface area contributed by atoms with Crippen LogP contribution in [0, 0.1) is 33.5 Å². The number of imide groups is 2. The average molecular weight is 979 g/mol. The number of methoxy groups -OCH3 is 1. The Bertz CT molecular complexity index is 2550. The van der Waals surface area contributed by atoms with Gasteiger partial charge in [0, 0.05) is 74.4 Å². The molecule has 3 aromatic rings. The number of piperidine rings is 2. The molecule has 19 heteroatoms. The molecule has 5 fully saturated rings. The molecule has 18 nitrogen and oxygen atoms in total. The molecule has 1 aromatic heterocycles. The molecule has 6 aliphatic rings. The predicted molar refractivity (Wildman–Crippen MR) is 257 cm³/mol. The number of rotatable bonds is 17. The van der Waals surface area contributed by atoms with Crippen molar-refractivity contribution in [2.75, 3.05) is 62.9 Å². The third kappa shape index (κ3) is 9.67. The van der Waals surface area contributed by atoms with Crippen LogP contribution in [-0.2, 0) is 25.5 Å². The summed E-state index contributed by atoms with van der Waals surface area (Å²) >= 11 is -1.000. The Hall–Kier alpha value is -5.81. The van der Waals surface area contributed by atoms with Crippen LogP contribution in [0.15, 0.2) is 48.8 Å². The summed E-state index contributed by atoms with van der Waals surface area (Å²) in [6, 6.07) is 11.0. The number of aromatic nitrogens is 2. The van der Waals surface area contributed by atoms with Crippen LogP contribution < -0.4 is 29.7 Å². The van der Waals surface area contributed by atoms with Gasteiger partial charge >= 0.3 is 0 Å². The van der Waals surface area contributed by atoms with Gasteiger partial charge in [0.2, 0.25) is 11.8 Å². The number of amides is 5. The van der Waals surface area contributed by atoms with Crippen molar-refractivity contribution in [1.82, 2.24) is 30.4 Å². The van der Waals surface area contributed by atoms with Gasteiger partial charge < -0.3 is 33.7 Å². The Morgan fingerprint density at radius 2 is 1.66 bits per heavy atom. The van der Waals surface area contributed by atoms with Gasteiger partial charge in [-0.1, -0.05) is 45.8 Å². The largest absolute Gasteiger partial charge is 0.616 e. The Morgan fingerprint density at radius 3 is 2.30 bits per heavy atom. The van der Waals surface area contributed by atoms with Crippen molar-refractivity contribution in [2.24, 2.45) is 22.2 Å². The van der Waals surface area contributed by atoms with Crippen LogP contribution in [0.3, 0.4) is 0 Å². The third-order valence-electron chi connectivity index (χ3n) is 15.3. The summed E-state index contributed by atoms with van der Waals surface area (Å²) in [4.78, 5) is 79.3. The van der Waals surface area contributed by atoms with E-state index < -0.39 is 51.7 Å². The summed E-state index contributed by atoms with van der Waals surface area (Å²) in [5, 5.41) is 14.8. The molecule has 2 atom stereocenters. The van der Waals surface area contributed by atoms with E-state index in [-0.39, 0.29) is 65.3 Å². The van der Waals surface area contributed by atoms with Gasteiger partial charge in [0.05, 0.1) is 54.8 Å². The van der Waals surface area contributed by atoms with Crippen molar-refractivity contribution in [1.29, 1.82) is 5.26 Å². The quantitative estimate of drug-likeness (QED) is 0.142. The number of hydrogen-bond donors (Lipinski definition) is 2. The summed E-state index contributed by atoms with van der Waals surface area (Å²) in [5.41, 5.74) is 0.145. The fourth-order valence-corrected chi connectivity index (χ4v) is 13.1. The van der Waals surface area contributed by atoms with E-state index in [1.165, 1.54) is 13.3 Å². The highest BCUT2D eigenvalue weighted by atomic mass is 32.2. The van der Waals surface area contributed by atoms with Crippen LogP contribution in [0.4, 0.5) is 5.82 Å². The van der Waals surface area contributed by atoms with E-state index in [1.54, 1.807) is 42.6 Å². The molecule has 9 rings (SSSR count). The molecule has 2 N–H and O–H groups in total. The van der Waals surface area contributed by atoms with Gasteiger partial charge in [-0.3, -0.25) is 39.1 Å². The number of ether oxygens (including phenoxy) is 4. The highest BCUT2D eigenvalue weighted by Crippen LogP contribution is 2.55. The molecule has 3 saturated heterocycles. The fraction of sp³-hybridized carbons (Fsp3) is 0.569. The lowest BCUT2D eigenvalue weighted by molar-refractivity contribution is -0.164. The molecule has 0 unspecified atom stereocenters. The first kappa shape index (κ1) is 49.2. The van der Waals surface area contributed by atoms with Gasteiger partial charge in [-0.2, -0.15) is 5.26 Å². The van der Waals surface area contributed by atoms with Crippen LogP contribution in [0.1, 0.15) is 110 Å². The standard InChI is InChI=1S/C51H62N8O10S/c1-49(2)47(50(3,4)48(49)69-34-8-7-31(23-52)40(22-34)66-6)56-43(61)38-24-54-41(25-53-38)57-15-13-30(14-16-57)26-58(17-18-70(65)29-51(5)27-67-28-51)32-19-35(20-32)68-33-9-10-36-37(21-33)46(64)59(45(36)63)39-11-12-42(60)55-44(39)62/h7-10,21-22,24-25,30,32,35,39,47-48H,11-20,26-29H2,1-6H3,(H,56,61)(H,55,60,62)/t32?,35?,39-,47?,48?,70+/m1/s1. The number of anilines is 1. The van der Waals surface area contributed by atoms with Crippen molar-refractivity contribution < 1.29 is 47.5 Å². The summed E-state index contributed by atoms with van der Waals surface area (Å²) < 4.78 is 36.9. The number of nitrogens with zero attached hydrogens (tertiary/aromatic N) is 6. The molecule has 0 spiro atoms. The molecule has 0 radical (unpaired) electrons. The number of fused-ring (bicyclic) bond motifs is 1.